The van der Waals surface area contributed by atoms with E-state index in [9.17, 15) is 9.90 Å². The molecular weight excluding hydrogens is 326 g/mol. The summed E-state index contributed by atoms with van der Waals surface area (Å²) >= 11 is 5.92. The van der Waals surface area contributed by atoms with Gasteiger partial charge in [-0.25, -0.2) is 0 Å². The molecule has 0 bridgehead atoms. The van der Waals surface area contributed by atoms with Gasteiger partial charge in [-0.05, 0) is 48.2 Å². The molecule has 4 nitrogen and oxygen atoms in total. The summed E-state index contributed by atoms with van der Waals surface area (Å²) < 4.78 is 5.07. The molecule has 1 amide bonds. The Kier molecular flexibility index (Phi) is 4.95. The van der Waals surface area contributed by atoms with E-state index >= 15 is 0 Å². The van der Waals surface area contributed by atoms with E-state index in [0.29, 0.717) is 23.7 Å². The Hall–Kier alpha value is -2.20. The fourth-order valence-electron chi connectivity index (χ4n) is 3.14. The minimum atomic E-state index is 0.128. The summed E-state index contributed by atoms with van der Waals surface area (Å²) in [5.74, 6) is 0.760. The van der Waals surface area contributed by atoms with Crippen molar-refractivity contribution in [3.8, 4) is 11.5 Å². The minimum absolute atomic E-state index is 0.128. The van der Waals surface area contributed by atoms with Gasteiger partial charge in [0.1, 0.15) is 0 Å². The molecule has 1 saturated heterocycles. The number of benzene rings is 2. The van der Waals surface area contributed by atoms with Crippen LogP contribution < -0.4 is 4.74 Å². The van der Waals surface area contributed by atoms with Crippen LogP contribution in [0.3, 0.4) is 0 Å². The van der Waals surface area contributed by atoms with E-state index in [-0.39, 0.29) is 17.7 Å². The van der Waals surface area contributed by atoms with Crippen LogP contribution >= 0.6 is 11.6 Å². The number of phenolic OH excluding ortho intramolecular Hbond substituents is 1. The zero-order chi connectivity index (χ0) is 17.1. The normalized spacial score (nSPS) is 17.3. The number of hydrogen-bond acceptors (Lipinski definition) is 3. The van der Waals surface area contributed by atoms with Crippen LogP contribution in [0.4, 0.5) is 0 Å². The van der Waals surface area contributed by atoms with Crippen molar-refractivity contribution in [1.82, 2.24) is 4.90 Å². The molecule has 24 heavy (non-hydrogen) atoms. The van der Waals surface area contributed by atoms with Crippen molar-refractivity contribution in [3.63, 3.8) is 0 Å². The van der Waals surface area contributed by atoms with Gasteiger partial charge in [0.25, 0.3) is 0 Å². The standard InChI is InChI=1S/C19H20ClNO3/c1-24-18-8-4-14(11-17(18)22)10-16-7-9-19(23)21(16)12-13-2-5-15(20)6-3-13/h2-6,8,11,16,22H,7,9-10,12H2,1H3. The van der Waals surface area contributed by atoms with Crippen molar-refractivity contribution >= 4 is 17.5 Å². The molecule has 3 rings (SSSR count). The van der Waals surface area contributed by atoms with Crippen LogP contribution in [0.2, 0.25) is 5.02 Å². The van der Waals surface area contributed by atoms with Crippen molar-refractivity contribution in [2.24, 2.45) is 0 Å². The van der Waals surface area contributed by atoms with E-state index < -0.39 is 0 Å². The first-order chi connectivity index (χ1) is 11.6. The molecule has 1 fully saturated rings. The number of halogens is 1. The number of rotatable bonds is 5. The molecule has 1 atom stereocenters. The van der Waals surface area contributed by atoms with E-state index in [1.165, 1.54) is 7.11 Å². The molecule has 1 unspecified atom stereocenters. The van der Waals surface area contributed by atoms with E-state index in [2.05, 4.69) is 0 Å². The predicted octanol–water partition coefficient (Wildman–Crippen LogP) is 3.79. The lowest BCUT2D eigenvalue weighted by Gasteiger charge is -2.25. The van der Waals surface area contributed by atoms with Gasteiger partial charge in [-0.15, -0.1) is 0 Å². The smallest absolute Gasteiger partial charge is 0.223 e. The van der Waals surface area contributed by atoms with Crippen molar-refractivity contribution in [2.45, 2.75) is 31.8 Å². The molecule has 1 aliphatic heterocycles. The molecule has 1 aliphatic rings. The Labute approximate surface area is 146 Å². The molecule has 5 heteroatoms. The Bertz CT molecular complexity index is 730. The summed E-state index contributed by atoms with van der Waals surface area (Å²) in [6.45, 7) is 0.586. The lowest BCUT2D eigenvalue weighted by Crippen LogP contribution is -2.33. The zero-order valence-electron chi connectivity index (χ0n) is 13.5. The van der Waals surface area contributed by atoms with Crippen LogP contribution in [0, 0.1) is 0 Å². The maximum absolute atomic E-state index is 12.2. The SMILES string of the molecule is COc1ccc(CC2CCC(=O)N2Cc2ccc(Cl)cc2)cc1O. The first kappa shape index (κ1) is 16.7. The first-order valence-electron chi connectivity index (χ1n) is 7.96. The molecule has 0 aliphatic carbocycles. The van der Waals surface area contributed by atoms with Gasteiger partial charge in [-0.1, -0.05) is 29.8 Å². The highest BCUT2D eigenvalue weighted by Crippen LogP contribution is 2.30. The number of amides is 1. The Balaban J connectivity index is 1.73. The largest absolute Gasteiger partial charge is 0.504 e. The average molecular weight is 346 g/mol. The van der Waals surface area contributed by atoms with Crippen molar-refractivity contribution in [2.75, 3.05) is 7.11 Å². The third-order valence-corrected chi connectivity index (χ3v) is 4.69. The number of ether oxygens (including phenoxy) is 1. The van der Waals surface area contributed by atoms with Crippen LogP contribution in [0.15, 0.2) is 42.5 Å². The maximum atomic E-state index is 12.2. The van der Waals surface area contributed by atoms with E-state index in [4.69, 9.17) is 16.3 Å². The molecule has 1 N–H and O–H groups in total. The molecule has 0 saturated carbocycles. The summed E-state index contributed by atoms with van der Waals surface area (Å²) in [5, 5.41) is 10.6. The quantitative estimate of drug-likeness (QED) is 0.897. The van der Waals surface area contributed by atoms with Gasteiger partial charge in [-0.2, -0.15) is 0 Å². The van der Waals surface area contributed by atoms with Crippen molar-refractivity contribution in [3.05, 3.63) is 58.6 Å². The predicted molar refractivity (Wildman–Crippen MR) is 93.4 cm³/mol. The van der Waals surface area contributed by atoms with E-state index in [0.717, 1.165) is 24.0 Å². The second-order valence-corrected chi connectivity index (χ2v) is 6.49. The number of hydrogen-bond donors (Lipinski definition) is 1. The van der Waals surface area contributed by atoms with E-state index in [1.807, 2.05) is 35.2 Å². The lowest BCUT2D eigenvalue weighted by atomic mass is 10.0. The molecule has 2 aromatic carbocycles. The van der Waals surface area contributed by atoms with Crippen LogP contribution in [0.1, 0.15) is 24.0 Å². The van der Waals surface area contributed by atoms with Crippen molar-refractivity contribution < 1.29 is 14.6 Å². The van der Waals surface area contributed by atoms with Crippen LogP contribution in [0.5, 0.6) is 11.5 Å². The highest BCUT2D eigenvalue weighted by atomic mass is 35.5. The molecular formula is C19H20ClNO3. The number of phenols is 1. The molecule has 0 spiro atoms. The number of aromatic hydroxyl groups is 1. The van der Waals surface area contributed by atoms with Gasteiger partial charge < -0.3 is 14.7 Å². The van der Waals surface area contributed by atoms with Gasteiger partial charge in [0.15, 0.2) is 11.5 Å². The van der Waals surface area contributed by atoms with Crippen LogP contribution in [0.25, 0.3) is 0 Å². The summed E-state index contributed by atoms with van der Waals surface area (Å²) in [4.78, 5) is 14.2. The topological polar surface area (TPSA) is 49.8 Å². The fraction of sp³-hybridized carbons (Fsp3) is 0.316. The number of likely N-dealkylation sites (tertiary alicyclic amines) is 1. The van der Waals surface area contributed by atoms with Crippen LogP contribution in [-0.2, 0) is 17.8 Å². The second kappa shape index (κ2) is 7.14. The summed E-state index contributed by atoms with van der Waals surface area (Å²) in [6, 6.07) is 13.1. The Morgan fingerprint density at radius 1 is 1.21 bits per heavy atom. The number of methoxy groups -OCH3 is 1. The highest BCUT2D eigenvalue weighted by Gasteiger charge is 2.31. The van der Waals surface area contributed by atoms with Gasteiger partial charge in [-0.3, -0.25) is 4.79 Å². The Morgan fingerprint density at radius 2 is 1.92 bits per heavy atom. The number of carbonyl (C=O) groups excluding carboxylic acids is 1. The molecule has 0 radical (unpaired) electrons. The summed E-state index contributed by atoms with van der Waals surface area (Å²) in [5.41, 5.74) is 2.06. The summed E-state index contributed by atoms with van der Waals surface area (Å²) in [7, 11) is 1.53. The van der Waals surface area contributed by atoms with Gasteiger partial charge in [0.05, 0.1) is 7.11 Å². The van der Waals surface area contributed by atoms with Gasteiger partial charge in [0.2, 0.25) is 5.91 Å². The van der Waals surface area contributed by atoms with Crippen LogP contribution in [-0.4, -0.2) is 29.1 Å². The number of nitrogens with zero attached hydrogens (tertiary/aromatic N) is 1. The third-order valence-electron chi connectivity index (χ3n) is 4.43. The fourth-order valence-corrected chi connectivity index (χ4v) is 3.27. The average Bonchev–Trinajstić information content (AvgIpc) is 2.90. The molecule has 0 aromatic heterocycles. The van der Waals surface area contributed by atoms with Gasteiger partial charge >= 0.3 is 0 Å². The third kappa shape index (κ3) is 3.65. The molecule has 2 aromatic rings. The zero-order valence-corrected chi connectivity index (χ0v) is 14.3. The highest BCUT2D eigenvalue weighted by molar-refractivity contribution is 6.30. The van der Waals surface area contributed by atoms with Gasteiger partial charge in [0, 0.05) is 24.0 Å². The maximum Gasteiger partial charge on any atom is 0.223 e. The molecule has 126 valence electrons. The minimum Gasteiger partial charge on any atom is -0.504 e. The second-order valence-electron chi connectivity index (χ2n) is 6.05. The lowest BCUT2D eigenvalue weighted by molar-refractivity contribution is -0.129. The van der Waals surface area contributed by atoms with E-state index in [1.54, 1.807) is 12.1 Å². The summed E-state index contributed by atoms with van der Waals surface area (Å²) in [6.07, 6.45) is 2.12. The van der Waals surface area contributed by atoms with Crippen molar-refractivity contribution in [1.29, 1.82) is 0 Å². The molecule has 1 heterocycles. The number of carbonyl (C=O) groups is 1. The monoisotopic (exact) mass is 345 g/mol. The first-order valence-corrected chi connectivity index (χ1v) is 8.34. The Morgan fingerprint density at radius 3 is 2.58 bits per heavy atom.